The highest BCUT2D eigenvalue weighted by atomic mass is 15.3. The molecular formula is C57H60N2. The van der Waals surface area contributed by atoms with E-state index in [-0.39, 0.29) is 21.9 Å². The lowest BCUT2D eigenvalue weighted by atomic mass is 9.61. The van der Waals surface area contributed by atoms with E-state index in [1.54, 1.807) is 11.1 Å². The summed E-state index contributed by atoms with van der Waals surface area (Å²) in [6.07, 6.45) is 11.0. The zero-order chi connectivity index (χ0) is 40.6. The van der Waals surface area contributed by atoms with Crippen LogP contribution in [-0.4, -0.2) is 11.1 Å². The average molecular weight is 773 g/mol. The van der Waals surface area contributed by atoms with E-state index in [4.69, 9.17) is 0 Å². The van der Waals surface area contributed by atoms with E-state index in [0.29, 0.717) is 0 Å². The second-order valence-corrected chi connectivity index (χ2v) is 20.0. The van der Waals surface area contributed by atoms with Crippen LogP contribution in [0.1, 0.15) is 124 Å². The fourth-order valence-corrected chi connectivity index (χ4v) is 13.4. The first kappa shape index (κ1) is 37.0. The predicted octanol–water partition coefficient (Wildman–Crippen LogP) is 15.3. The van der Waals surface area contributed by atoms with Gasteiger partial charge >= 0.3 is 0 Å². The van der Waals surface area contributed by atoms with E-state index in [1.807, 2.05) is 0 Å². The number of hydrogen-bond donors (Lipinski definition) is 0. The zero-order valence-corrected chi connectivity index (χ0v) is 36.7. The summed E-state index contributed by atoms with van der Waals surface area (Å²) in [5, 5.41) is 0. The van der Waals surface area contributed by atoms with Crippen molar-refractivity contribution in [2.75, 3.05) is 9.80 Å². The van der Waals surface area contributed by atoms with Gasteiger partial charge in [0.1, 0.15) is 0 Å². The summed E-state index contributed by atoms with van der Waals surface area (Å²) in [7, 11) is 0. The van der Waals surface area contributed by atoms with Crippen molar-refractivity contribution in [1.82, 2.24) is 0 Å². The van der Waals surface area contributed by atoms with Crippen molar-refractivity contribution in [1.29, 1.82) is 0 Å². The minimum absolute atomic E-state index is 0.0406. The molecule has 2 heteroatoms. The van der Waals surface area contributed by atoms with Gasteiger partial charge in [-0.25, -0.2) is 0 Å². The van der Waals surface area contributed by atoms with Crippen LogP contribution in [0.2, 0.25) is 0 Å². The monoisotopic (exact) mass is 772 g/mol. The maximum Gasteiger partial charge on any atom is 0.0518 e. The zero-order valence-electron chi connectivity index (χ0n) is 36.7. The Bertz CT molecular complexity index is 2520. The highest BCUT2D eigenvalue weighted by Gasteiger charge is 2.59. The molecule has 0 bridgehead atoms. The van der Waals surface area contributed by atoms with Crippen molar-refractivity contribution in [2.24, 2.45) is 0 Å². The van der Waals surface area contributed by atoms with Gasteiger partial charge in [0.25, 0.3) is 0 Å². The number of nitrogens with zero attached hydrogens (tertiary/aromatic N) is 2. The topological polar surface area (TPSA) is 6.48 Å². The average Bonchev–Trinajstić information content (AvgIpc) is 3.79. The molecule has 0 saturated heterocycles. The van der Waals surface area contributed by atoms with Gasteiger partial charge in [-0.15, -0.1) is 0 Å². The lowest BCUT2D eigenvalue weighted by molar-refractivity contribution is 0.195. The quantitative estimate of drug-likeness (QED) is 0.176. The second kappa shape index (κ2) is 12.7. The first-order valence-electron chi connectivity index (χ1n) is 22.7. The summed E-state index contributed by atoms with van der Waals surface area (Å²) < 4.78 is 0. The number of fused-ring (bicyclic) bond motifs is 9. The molecule has 0 radical (unpaired) electrons. The van der Waals surface area contributed by atoms with Gasteiger partial charge in [0.15, 0.2) is 0 Å². The maximum absolute atomic E-state index is 2.74. The van der Waals surface area contributed by atoms with Crippen LogP contribution in [0.4, 0.5) is 22.7 Å². The summed E-state index contributed by atoms with van der Waals surface area (Å²) in [5.41, 5.74) is 25.8. The van der Waals surface area contributed by atoms with E-state index in [1.165, 1.54) is 141 Å². The predicted molar refractivity (Wildman–Crippen MR) is 250 cm³/mol. The number of anilines is 4. The van der Waals surface area contributed by atoms with E-state index < -0.39 is 0 Å². The fourth-order valence-electron chi connectivity index (χ4n) is 13.4. The molecule has 6 aromatic carbocycles. The van der Waals surface area contributed by atoms with Crippen LogP contribution < -0.4 is 9.80 Å². The molecule has 5 aliphatic rings. The smallest absolute Gasteiger partial charge is 0.0518 e. The lowest BCUT2D eigenvalue weighted by Crippen LogP contribution is -2.54. The van der Waals surface area contributed by atoms with E-state index in [2.05, 4.69) is 174 Å². The van der Waals surface area contributed by atoms with Crippen LogP contribution in [0.5, 0.6) is 0 Å². The first-order valence-corrected chi connectivity index (χ1v) is 22.7. The van der Waals surface area contributed by atoms with Crippen molar-refractivity contribution in [3.05, 3.63) is 154 Å². The molecule has 0 aromatic heterocycles. The Morgan fingerprint density at radius 2 is 0.797 bits per heavy atom. The molecule has 59 heavy (non-hydrogen) atoms. The third-order valence-electron chi connectivity index (χ3n) is 17.5. The summed E-state index contributed by atoms with van der Waals surface area (Å²) in [5.74, 6) is 0. The Morgan fingerprint density at radius 1 is 0.407 bits per heavy atom. The van der Waals surface area contributed by atoms with E-state index >= 15 is 0 Å². The van der Waals surface area contributed by atoms with Crippen molar-refractivity contribution in [2.45, 2.75) is 135 Å². The Hall–Kier alpha value is -5.08. The molecule has 6 aromatic rings. The lowest BCUT2D eigenvalue weighted by Gasteiger charge is -2.50. The van der Waals surface area contributed by atoms with E-state index in [9.17, 15) is 0 Å². The first-order chi connectivity index (χ1) is 28.4. The van der Waals surface area contributed by atoms with Gasteiger partial charge in [0.05, 0.1) is 11.1 Å². The number of hydrogen-bond acceptors (Lipinski definition) is 2. The second-order valence-electron chi connectivity index (χ2n) is 20.0. The van der Waals surface area contributed by atoms with Crippen molar-refractivity contribution >= 4 is 22.7 Å². The Balaban J connectivity index is 1.03. The number of para-hydroxylation sites is 2. The van der Waals surface area contributed by atoms with Gasteiger partial charge in [0, 0.05) is 33.6 Å². The highest BCUT2D eigenvalue weighted by Crippen LogP contribution is 2.64. The molecule has 0 spiro atoms. The molecule has 2 heterocycles. The summed E-state index contributed by atoms with van der Waals surface area (Å²) in [4.78, 5) is 5.48. The van der Waals surface area contributed by atoms with Crippen LogP contribution in [0.25, 0.3) is 33.4 Å². The normalized spacial score (nSPS) is 26.2. The van der Waals surface area contributed by atoms with Gasteiger partial charge in [0.2, 0.25) is 0 Å². The highest BCUT2D eigenvalue weighted by molar-refractivity contribution is 5.90. The Labute approximate surface area is 353 Å². The molecule has 298 valence electrons. The molecule has 2 saturated carbocycles. The molecule has 2 aliphatic heterocycles. The minimum atomic E-state index is 0.0406. The largest absolute Gasteiger partial charge is 0.334 e. The molecule has 11 rings (SSSR count). The summed E-state index contributed by atoms with van der Waals surface area (Å²) in [6.45, 7) is 19.8. The van der Waals surface area contributed by atoms with Crippen LogP contribution in [0.3, 0.4) is 0 Å². The molecule has 0 amide bonds. The van der Waals surface area contributed by atoms with Crippen LogP contribution in [-0.2, 0) is 17.3 Å². The summed E-state index contributed by atoms with van der Waals surface area (Å²) >= 11 is 0. The van der Waals surface area contributed by atoms with Crippen molar-refractivity contribution in [3.63, 3.8) is 0 Å². The third-order valence-corrected chi connectivity index (χ3v) is 17.5. The van der Waals surface area contributed by atoms with Gasteiger partial charge in [-0.2, -0.15) is 0 Å². The Morgan fingerprint density at radius 3 is 1.20 bits per heavy atom. The standard InChI is InChI=1S/C57H60N2/c1-36-38(3)52-50(54(5)27-15-17-29-56(54,7)58(52)44-19-11-9-12-20-44)34-46(36)42-25-23-40-31-41-24-26-43(33-49(41)48(40)32-42)47-35-51-53(39(4)37(47)2)59(45-21-13-10-14-22-45)57(8)30-18-16-28-55(51,57)6/h9-14,19-26,32-35H,15-18,27-31H2,1-8H3. The maximum atomic E-state index is 2.74. The summed E-state index contributed by atoms with van der Waals surface area (Å²) in [6, 6.07) is 42.4. The van der Waals surface area contributed by atoms with Crippen LogP contribution in [0.15, 0.2) is 109 Å². The fraction of sp³-hybridized carbons (Fsp3) is 0.368. The Kier molecular flexibility index (Phi) is 7.97. The molecule has 0 N–H and O–H groups in total. The van der Waals surface area contributed by atoms with Crippen molar-refractivity contribution < 1.29 is 0 Å². The van der Waals surface area contributed by atoms with Crippen LogP contribution in [0, 0.1) is 27.7 Å². The van der Waals surface area contributed by atoms with Gasteiger partial charge < -0.3 is 9.80 Å². The SMILES string of the molecule is Cc1c(-c2ccc3c(c2)-c2cc(-c4cc5c(c(C)c4C)N(c4ccccc4)C4(C)CCCCC54C)ccc2C3)cc2c(c1C)N(c1ccccc1)C1(C)CCCCC21C. The molecule has 2 fully saturated rings. The minimum Gasteiger partial charge on any atom is -0.334 e. The molecule has 4 atom stereocenters. The molecule has 2 nitrogen and oxygen atoms in total. The molecular weight excluding hydrogens is 713 g/mol. The number of rotatable bonds is 4. The van der Waals surface area contributed by atoms with Gasteiger partial charge in [-0.05, 0) is 200 Å². The molecule has 3 aliphatic carbocycles. The van der Waals surface area contributed by atoms with Crippen molar-refractivity contribution in [3.8, 4) is 33.4 Å². The third kappa shape index (κ3) is 4.81. The molecule has 4 unspecified atom stereocenters. The van der Waals surface area contributed by atoms with Crippen LogP contribution >= 0.6 is 0 Å². The van der Waals surface area contributed by atoms with E-state index in [0.717, 1.165) is 6.42 Å². The number of benzene rings is 6. The van der Waals surface area contributed by atoms with Gasteiger partial charge in [-0.1, -0.05) is 100 Å². The van der Waals surface area contributed by atoms with Gasteiger partial charge in [-0.3, -0.25) is 0 Å².